The second-order valence-electron chi connectivity index (χ2n) is 9.88. The number of hydrogen-bond acceptors (Lipinski definition) is 4. The molecule has 1 amide bonds. The van der Waals surface area contributed by atoms with Gasteiger partial charge in [-0.05, 0) is 50.4 Å². The molecule has 5 rings (SSSR count). The lowest BCUT2D eigenvalue weighted by Crippen LogP contribution is -2.65. The van der Waals surface area contributed by atoms with Crippen molar-refractivity contribution in [2.45, 2.75) is 89.8 Å². The van der Waals surface area contributed by atoms with Gasteiger partial charge in [-0.25, -0.2) is 4.98 Å². The van der Waals surface area contributed by atoms with E-state index in [0.717, 1.165) is 38.4 Å². The van der Waals surface area contributed by atoms with Gasteiger partial charge < -0.3 is 4.90 Å². The molecule has 4 fully saturated rings. The summed E-state index contributed by atoms with van der Waals surface area (Å²) in [5, 5.41) is 3.40. The number of fused-ring (bicyclic) bond motifs is 4. The molecule has 0 radical (unpaired) electrons. The van der Waals surface area contributed by atoms with Crippen LogP contribution in [0.1, 0.15) is 74.9 Å². The van der Waals surface area contributed by atoms with Crippen LogP contribution < -0.4 is 0 Å². The number of rotatable bonds is 4. The van der Waals surface area contributed by atoms with Gasteiger partial charge in [0.2, 0.25) is 5.91 Å². The first-order valence-electron chi connectivity index (χ1n) is 11.6. The number of hydrogen-bond donors (Lipinski definition) is 0. The predicted molar refractivity (Wildman–Crippen MR) is 113 cm³/mol. The van der Waals surface area contributed by atoms with E-state index in [1.165, 1.54) is 62.1 Å². The second kappa shape index (κ2) is 8.06. The van der Waals surface area contributed by atoms with E-state index in [1.807, 2.05) is 0 Å². The van der Waals surface area contributed by atoms with Crippen LogP contribution in [-0.4, -0.2) is 45.9 Å². The van der Waals surface area contributed by atoms with Crippen molar-refractivity contribution in [3.8, 4) is 0 Å². The SMILES string of the molecule is Cc1nc(CN2C[C@H]3C[C@@H](C2)[C@H](CC2CCCCC2)N2C(=O)CCC[C@@H]32)cs1. The van der Waals surface area contributed by atoms with Crippen molar-refractivity contribution < 1.29 is 4.79 Å². The van der Waals surface area contributed by atoms with Gasteiger partial charge in [-0.15, -0.1) is 11.3 Å². The number of likely N-dealkylation sites (tertiary alicyclic amines) is 1. The minimum Gasteiger partial charge on any atom is -0.336 e. The number of nitrogens with zero attached hydrogens (tertiary/aromatic N) is 3. The normalized spacial score (nSPS) is 34.5. The first kappa shape index (κ1) is 19.0. The zero-order valence-electron chi connectivity index (χ0n) is 17.3. The fourth-order valence-corrected chi connectivity index (χ4v) is 7.38. The highest BCUT2D eigenvalue weighted by molar-refractivity contribution is 7.09. The molecule has 0 N–H and O–H groups in total. The average molecular weight is 402 g/mol. The number of carbonyl (C=O) groups excluding carboxylic acids is 1. The smallest absolute Gasteiger partial charge is 0.223 e. The average Bonchev–Trinajstić information content (AvgIpc) is 3.11. The molecule has 0 aromatic carbocycles. The molecular weight excluding hydrogens is 366 g/mol. The zero-order valence-corrected chi connectivity index (χ0v) is 18.1. The summed E-state index contributed by atoms with van der Waals surface area (Å²) in [6.07, 6.45) is 12.7. The molecule has 3 saturated heterocycles. The third-order valence-corrected chi connectivity index (χ3v) is 8.75. The zero-order chi connectivity index (χ0) is 19.1. The molecule has 4 atom stereocenters. The third-order valence-electron chi connectivity index (χ3n) is 7.92. The highest BCUT2D eigenvalue weighted by Gasteiger charge is 2.49. The minimum atomic E-state index is 0.468. The van der Waals surface area contributed by atoms with Crippen molar-refractivity contribution in [3.05, 3.63) is 16.1 Å². The number of aryl methyl sites for hydroxylation is 1. The molecule has 1 aromatic heterocycles. The number of aromatic nitrogens is 1. The Morgan fingerprint density at radius 1 is 1.11 bits per heavy atom. The predicted octanol–water partition coefficient (Wildman–Crippen LogP) is 4.62. The van der Waals surface area contributed by atoms with Crippen molar-refractivity contribution >= 4 is 17.2 Å². The van der Waals surface area contributed by atoms with Gasteiger partial charge in [0.05, 0.1) is 10.7 Å². The molecule has 4 heterocycles. The number of carbonyl (C=O) groups is 1. The number of amides is 1. The number of thiazole rings is 1. The number of piperidine rings is 3. The summed E-state index contributed by atoms with van der Waals surface area (Å²) in [7, 11) is 0. The Morgan fingerprint density at radius 2 is 1.93 bits per heavy atom. The molecular formula is C23H35N3OS. The van der Waals surface area contributed by atoms with Crippen LogP contribution in [0.3, 0.4) is 0 Å². The lowest BCUT2D eigenvalue weighted by atomic mass is 9.69. The summed E-state index contributed by atoms with van der Waals surface area (Å²) in [5.41, 5.74) is 1.24. The van der Waals surface area contributed by atoms with E-state index in [-0.39, 0.29) is 0 Å². The van der Waals surface area contributed by atoms with Gasteiger partial charge in [-0.1, -0.05) is 32.1 Å². The fourth-order valence-electron chi connectivity index (χ4n) is 6.78. The molecule has 3 aliphatic heterocycles. The molecule has 5 heteroatoms. The molecule has 2 bridgehead atoms. The van der Waals surface area contributed by atoms with E-state index >= 15 is 0 Å². The fraction of sp³-hybridized carbons (Fsp3) is 0.826. The molecule has 4 nitrogen and oxygen atoms in total. The Balaban J connectivity index is 1.35. The lowest BCUT2D eigenvalue weighted by Gasteiger charge is -2.57. The molecule has 154 valence electrons. The van der Waals surface area contributed by atoms with Crippen LogP contribution in [-0.2, 0) is 11.3 Å². The van der Waals surface area contributed by atoms with E-state index in [1.54, 1.807) is 11.3 Å². The highest BCUT2D eigenvalue weighted by Crippen LogP contribution is 2.44. The highest BCUT2D eigenvalue weighted by atomic mass is 32.1. The van der Waals surface area contributed by atoms with Crippen LogP contribution in [0, 0.1) is 24.7 Å². The first-order valence-corrected chi connectivity index (χ1v) is 12.5. The lowest BCUT2D eigenvalue weighted by molar-refractivity contribution is -0.154. The summed E-state index contributed by atoms with van der Waals surface area (Å²) in [6, 6.07) is 1.00. The quantitative estimate of drug-likeness (QED) is 0.738. The van der Waals surface area contributed by atoms with Gasteiger partial charge in [0, 0.05) is 43.5 Å². The molecule has 1 saturated carbocycles. The van der Waals surface area contributed by atoms with E-state index in [9.17, 15) is 4.79 Å². The summed E-state index contributed by atoms with van der Waals surface area (Å²) in [5.74, 6) is 2.65. The second-order valence-corrected chi connectivity index (χ2v) is 10.9. The van der Waals surface area contributed by atoms with Crippen molar-refractivity contribution in [2.75, 3.05) is 13.1 Å². The summed E-state index contributed by atoms with van der Waals surface area (Å²) in [4.78, 5) is 22.8. The van der Waals surface area contributed by atoms with Gasteiger partial charge >= 0.3 is 0 Å². The van der Waals surface area contributed by atoms with Gasteiger partial charge in [0.1, 0.15) is 0 Å². The van der Waals surface area contributed by atoms with Gasteiger partial charge in [-0.2, -0.15) is 0 Å². The van der Waals surface area contributed by atoms with Crippen LogP contribution in [0.4, 0.5) is 0 Å². The maximum atomic E-state index is 13.0. The summed E-state index contributed by atoms with van der Waals surface area (Å²) in [6.45, 7) is 5.40. The Hall–Kier alpha value is -0.940. The Labute approximate surface area is 173 Å². The van der Waals surface area contributed by atoms with Crippen LogP contribution in [0.5, 0.6) is 0 Å². The molecule has 1 aromatic rings. The van der Waals surface area contributed by atoms with Crippen LogP contribution in [0.25, 0.3) is 0 Å². The van der Waals surface area contributed by atoms with Gasteiger partial charge in [0.15, 0.2) is 0 Å². The Kier molecular flexibility index (Phi) is 5.48. The van der Waals surface area contributed by atoms with Crippen molar-refractivity contribution in [1.82, 2.24) is 14.8 Å². The van der Waals surface area contributed by atoms with Crippen LogP contribution in [0.15, 0.2) is 5.38 Å². The molecule has 0 unspecified atom stereocenters. The van der Waals surface area contributed by atoms with Crippen LogP contribution in [0.2, 0.25) is 0 Å². The Bertz CT molecular complexity index is 698. The van der Waals surface area contributed by atoms with Gasteiger partial charge in [0.25, 0.3) is 0 Å². The van der Waals surface area contributed by atoms with E-state index in [2.05, 4.69) is 22.1 Å². The summed E-state index contributed by atoms with van der Waals surface area (Å²) < 4.78 is 0. The first-order chi connectivity index (χ1) is 13.7. The van der Waals surface area contributed by atoms with E-state index in [4.69, 9.17) is 4.98 Å². The van der Waals surface area contributed by atoms with Crippen molar-refractivity contribution in [1.29, 1.82) is 0 Å². The molecule has 1 aliphatic carbocycles. The maximum absolute atomic E-state index is 13.0. The van der Waals surface area contributed by atoms with Crippen molar-refractivity contribution in [2.24, 2.45) is 17.8 Å². The minimum absolute atomic E-state index is 0.468. The Morgan fingerprint density at radius 3 is 2.71 bits per heavy atom. The van der Waals surface area contributed by atoms with Crippen LogP contribution >= 0.6 is 11.3 Å². The standard InChI is InChI=1S/C23H35N3OS/c1-16-24-20(15-28-16)14-25-12-18-11-19(13-25)22(10-17-6-3-2-4-7-17)26-21(18)8-5-9-23(26)27/h15,17-19,21-22H,2-14H2,1H3/t18-,19+,21+,22+/m1/s1. The summed E-state index contributed by atoms with van der Waals surface area (Å²) >= 11 is 1.77. The van der Waals surface area contributed by atoms with E-state index in [0.29, 0.717) is 29.8 Å². The van der Waals surface area contributed by atoms with Gasteiger partial charge in [-0.3, -0.25) is 9.69 Å². The molecule has 28 heavy (non-hydrogen) atoms. The maximum Gasteiger partial charge on any atom is 0.223 e. The topological polar surface area (TPSA) is 36.4 Å². The van der Waals surface area contributed by atoms with E-state index < -0.39 is 0 Å². The molecule has 4 aliphatic rings. The third kappa shape index (κ3) is 3.77. The molecule has 0 spiro atoms. The largest absolute Gasteiger partial charge is 0.336 e. The monoisotopic (exact) mass is 401 g/mol. The van der Waals surface area contributed by atoms with Crippen molar-refractivity contribution in [3.63, 3.8) is 0 Å².